The van der Waals surface area contributed by atoms with Gasteiger partial charge in [0.25, 0.3) is 0 Å². The smallest absolute Gasteiger partial charge is 0.0672 e. The first-order valence-corrected chi connectivity index (χ1v) is 6.44. The summed E-state index contributed by atoms with van der Waals surface area (Å²) in [4.78, 5) is 2.50. The van der Waals surface area contributed by atoms with Gasteiger partial charge in [-0.1, -0.05) is 0 Å². The molecule has 3 heteroatoms. The molecule has 2 rings (SSSR count). The van der Waals surface area contributed by atoms with Gasteiger partial charge in [0, 0.05) is 6.54 Å². The van der Waals surface area contributed by atoms with Crippen molar-refractivity contribution in [2.24, 2.45) is 0 Å². The number of hydrogen-bond acceptors (Lipinski definition) is 3. The zero-order valence-corrected chi connectivity index (χ0v) is 9.67. The predicted molar refractivity (Wildman–Crippen MR) is 62.0 cm³/mol. The van der Waals surface area contributed by atoms with Crippen LogP contribution >= 0.6 is 0 Å². The van der Waals surface area contributed by atoms with E-state index in [1.165, 1.54) is 25.9 Å². The van der Waals surface area contributed by atoms with Crippen LogP contribution in [0.2, 0.25) is 0 Å². The van der Waals surface area contributed by atoms with Crippen LogP contribution in [0.25, 0.3) is 0 Å². The fourth-order valence-corrected chi connectivity index (χ4v) is 2.74. The second kappa shape index (κ2) is 5.28. The molecule has 2 heterocycles. The highest BCUT2D eigenvalue weighted by atomic mass is 16.3. The summed E-state index contributed by atoms with van der Waals surface area (Å²) in [5, 5.41) is 13.8. The molecular formula is C12H24N2O. The van der Waals surface area contributed by atoms with E-state index in [1.54, 1.807) is 0 Å². The molecular weight excluding hydrogens is 188 g/mol. The Labute approximate surface area is 92.8 Å². The molecule has 2 aliphatic rings. The molecule has 1 unspecified atom stereocenters. The van der Waals surface area contributed by atoms with Crippen molar-refractivity contribution in [2.75, 3.05) is 32.7 Å². The largest absolute Gasteiger partial charge is 0.390 e. The van der Waals surface area contributed by atoms with E-state index in [4.69, 9.17) is 0 Å². The van der Waals surface area contributed by atoms with Crippen molar-refractivity contribution < 1.29 is 5.11 Å². The van der Waals surface area contributed by atoms with E-state index in [9.17, 15) is 5.11 Å². The van der Waals surface area contributed by atoms with Gasteiger partial charge in [-0.05, 0) is 64.7 Å². The monoisotopic (exact) mass is 212 g/mol. The number of nitrogens with one attached hydrogen (secondary N) is 1. The standard InChI is InChI=1S/C12H24N2O/c15-12(4-3-7-13-8-5-12)6-11-14-9-1-2-10-14/h13,15H,1-11H2. The first kappa shape index (κ1) is 11.4. The summed E-state index contributed by atoms with van der Waals surface area (Å²) in [5.74, 6) is 0. The van der Waals surface area contributed by atoms with E-state index in [2.05, 4.69) is 10.2 Å². The van der Waals surface area contributed by atoms with Gasteiger partial charge in [-0.15, -0.1) is 0 Å². The number of nitrogens with zero attached hydrogens (tertiary/aromatic N) is 1. The van der Waals surface area contributed by atoms with Gasteiger partial charge in [-0.25, -0.2) is 0 Å². The molecule has 2 N–H and O–H groups in total. The van der Waals surface area contributed by atoms with Crippen LogP contribution in [-0.4, -0.2) is 48.3 Å². The fourth-order valence-electron chi connectivity index (χ4n) is 2.74. The fraction of sp³-hybridized carbons (Fsp3) is 1.00. The molecule has 15 heavy (non-hydrogen) atoms. The summed E-state index contributed by atoms with van der Waals surface area (Å²) in [6, 6.07) is 0. The summed E-state index contributed by atoms with van der Waals surface area (Å²) in [5.41, 5.74) is -0.383. The van der Waals surface area contributed by atoms with Crippen molar-refractivity contribution in [2.45, 2.75) is 44.1 Å². The van der Waals surface area contributed by atoms with E-state index in [1.807, 2.05) is 0 Å². The van der Waals surface area contributed by atoms with E-state index >= 15 is 0 Å². The zero-order chi connectivity index (χ0) is 10.6. The third-order valence-electron chi connectivity index (χ3n) is 3.85. The van der Waals surface area contributed by atoms with Crippen LogP contribution in [0.4, 0.5) is 0 Å². The van der Waals surface area contributed by atoms with Crippen molar-refractivity contribution in [3.63, 3.8) is 0 Å². The Morgan fingerprint density at radius 2 is 1.87 bits per heavy atom. The summed E-state index contributed by atoms with van der Waals surface area (Å²) in [6.07, 6.45) is 6.69. The van der Waals surface area contributed by atoms with Gasteiger partial charge in [0.15, 0.2) is 0 Å². The normalized spacial score (nSPS) is 34.2. The topological polar surface area (TPSA) is 35.5 Å². The number of rotatable bonds is 3. The Bertz CT molecular complexity index is 182. The first-order valence-electron chi connectivity index (χ1n) is 6.44. The molecule has 0 radical (unpaired) electrons. The van der Waals surface area contributed by atoms with Gasteiger partial charge in [0.2, 0.25) is 0 Å². The predicted octanol–water partition coefficient (Wildman–Crippen LogP) is 0.977. The summed E-state index contributed by atoms with van der Waals surface area (Å²) in [6.45, 7) is 5.64. The molecule has 2 saturated heterocycles. The molecule has 88 valence electrons. The average Bonchev–Trinajstić information content (AvgIpc) is 2.65. The Hall–Kier alpha value is -0.120. The van der Waals surface area contributed by atoms with Crippen LogP contribution in [0.1, 0.15) is 38.5 Å². The lowest BCUT2D eigenvalue weighted by Crippen LogP contribution is -2.35. The Morgan fingerprint density at radius 3 is 2.67 bits per heavy atom. The molecule has 0 amide bonds. The van der Waals surface area contributed by atoms with Gasteiger partial charge in [-0.2, -0.15) is 0 Å². The number of likely N-dealkylation sites (tertiary alicyclic amines) is 1. The Balaban J connectivity index is 1.75. The van der Waals surface area contributed by atoms with E-state index in [0.29, 0.717) is 0 Å². The summed E-state index contributed by atoms with van der Waals surface area (Å²) in [7, 11) is 0. The molecule has 0 aromatic carbocycles. The van der Waals surface area contributed by atoms with Crippen LogP contribution < -0.4 is 5.32 Å². The van der Waals surface area contributed by atoms with Gasteiger partial charge < -0.3 is 15.3 Å². The molecule has 1 atom stereocenters. The van der Waals surface area contributed by atoms with Crippen LogP contribution in [0, 0.1) is 0 Å². The highest BCUT2D eigenvalue weighted by molar-refractivity contribution is 4.84. The van der Waals surface area contributed by atoms with Crippen LogP contribution in [0.3, 0.4) is 0 Å². The molecule has 0 bridgehead atoms. The van der Waals surface area contributed by atoms with E-state index in [-0.39, 0.29) is 5.60 Å². The molecule has 0 saturated carbocycles. The number of hydrogen-bond donors (Lipinski definition) is 2. The Kier molecular flexibility index (Phi) is 4.00. The van der Waals surface area contributed by atoms with Gasteiger partial charge in [-0.3, -0.25) is 0 Å². The summed E-state index contributed by atoms with van der Waals surface area (Å²) < 4.78 is 0. The van der Waals surface area contributed by atoms with Crippen LogP contribution in [0.5, 0.6) is 0 Å². The lowest BCUT2D eigenvalue weighted by Gasteiger charge is -2.28. The molecule has 0 aromatic heterocycles. The maximum Gasteiger partial charge on any atom is 0.0672 e. The third kappa shape index (κ3) is 3.44. The van der Waals surface area contributed by atoms with Crippen molar-refractivity contribution in [1.29, 1.82) is 0 Å². The highest BCUT2D eigenvalue weighted by Crippen LogP contribution is 2.24. The second-order valence-electron chi connectivity index (χ2n) is 5.13. The first-order chi connectivity index (χ1) is 7.29. The van der Waals surface area contributed by atoms with Crippen molar-refractivity contribution in [3.8, 4) is 0 Å². The maximum absolute atomic E-state index is 10.4. The van der Waals surface area contributed by atoms with Crippen LogP contribution in [0.15, 0.2) is 0 Å². The average molecular weight is 212 g/mol. The minimum atomic E-state index is -0.383. The van der Waals surface area contributed by atoms with E-state index < -0.39 is 0 Å². The second-order valence-corrected chi connectivity index (χ2v) is 5.13. The minimum absolute atomic E-state index is 0.383. The SMILES string of the molecule is OC1(CCN2CCCC2)CCCNCC1. The van der Waals surface area contributed by atoms with Crippen molar-refractivity contribution >= 4 is 0 Å². The van der Waals surface area contributed by atoms with Gasteiger partial charge >= 0.3 is 0 Å². The lowest BCUT2D eigenvalue weighted by atomic mass is 9.91. The molecule has 2 fully saturated rings. The maximum atomic E-state index is 10.4. The Morgan fingerprint density at radius 1 is 1.07 bits per heavy atom. The van der Waals surface area contributed by atoms with Crippen LogP contribution in [-0.2, 0) is 0 Å². The molecule has 0 aliphatic carbocycles. The summed E-state index contributed by atoms with van der Waals surface area (Å²) >= 11 is 0. The third-order valence-corrected chi connectivity index (χ3v) is 3.85. The van der Waals surface area contributed by atoms with Crippen molar-refractivity contribution in [1.82, 2.24) is 10.2 Å². The zero-order valence-electron chi connectivity index (χ0n) is 9.67. The molecule has 0 aromatic rings. The highest BCUT2D eigenvalue weighted by Gasteiger charge is 2.28. The van der Waals surface area contributed by atoms with E-state index in [0.717, 1.165) is 45.3 Å². The molecule has 3 nitrogen and oxygen atoms in total. The molecule has 2 aliphatic heterocycles. The van der Waals surface area contributed by atoms with Crippen molar-refractivity contribution in [3.05, 3.63) is 0 Å². The number of aliphatic hydroxyl groups is 1. The molecule has 0 spiro atoms. The van der Waals surface area contributed by atoms with Gasteiger partial charge in [0.1, 0.15) is 0 Å². The minimum Gasteiger partial charge on any atom is -0.390 e. The lowest BCUT2D eigenvalue weighted by molar-refractivity contribution is 0.0120. The van der Waals surface area contributed by atoms with Gasteiger partial charge in [0.05, 0.1) is 5.60 Å². The quantitative estimate of drug-likeness (QED) is 0.732.